The molecule has 1 spiro atoms. The number of benzene rings is 2. The minimum absolute atomic E-state index is 0.307. The standard InChI is InChI=1S/C23H28O5S/c1-3-14-4-6-15(7-5-14)9-16-10-18-17(8-13(16)2)12-28-23(18)22(27)21(26)20(25)19(11-24)29-23/h4-8,10,19-22,24-27H,3,9,11-12H2,1-2H3/t19-,20-,21+,22-,23+/m1/s1. The van der Waals surface area contributed by atoms with Crippen LogP contribution in [0.3, 0.4) is 0 Å². The second-order valence-corrected chi connectivity index (χ2v) is 9.45. The van der Waals surface area contributed by atoms with Gasteiger partial charge in [-0.25, -0.2) is 0 Å². The van der Waals surface area contributed by atoms with Crippen molar-refractivity contribution in [3.8, 4) is 0 Å². The van der Waals surface area contributed by atoms with Gasteiger partial charge in [0.25, 0.3) is 0 Å². The molecule has 2 aromatic carbocycles. The summed E-state index contributed by atoms with van der Waals surface area (Å²) in [6.45, 7) is 4.23. The topological polar surface area (TPSA) is 90.2 Å². The van der Waals surface area contributed by atoms with Crippen LogP contribution in [0.1, 0.15) is 40.3 Å². The van der Waals surface area contributed by atoms with Gasteiger partial charge in [0, 0.05) is 5.56 Å². The average molecular weight is 417 g/mol. The predicted octanol–water partition coefficient (Wildman–Crippen LogP) is 2.02. The van der Waals surface area contributed by atoms with Crippen molar-refractivity contribution in [2.45, 2.75) is 61.8 Å². The van der Waals surface area contributed by atoms with Crippen molar-refractivity contribution in [1.82, 2.24) is 0 Å². The number of hydrogen-bond acceptors (Lipinski definition) is 6. The van der Waals surface area contributed by atoms with E-state index < -0.39 is 28.5 Å². The van der Waals surface area contributed by atoms with Crippen LogP contribution in [0.2, 0.25) is 0 Å². The normalized spacial score (nSPS) is 31.2. The van der Waals surface area contributed by atoms with E-state index in [0.717, 1.165) is 35.1 Å². The summed E-state index contributed by atoms with van der Waals surface area (Å²) >= 11 is 1.20. The van der Waals surface area contributed by atoms with Gasteiger partial charge >= 0.3 is 0 Å². The van der Waals surface area contributed by atoms with E-state index in [1.165, 1.54) is 22.9 Å². The number of aryl methyl sites for hydroxylation is 2. The third-order valence-electron chi connectivity index (χ3n) is 6.16. The minimum Gasteiger partial charge on any atom is -0.395 e. The molecule has 2 aliphatic rings. The maximum atomic E-state index is 10.8. The Morgan fingerprint density at radius 2 is 1.76 bits per heavy atom. The lowest BCUT2D eigenvalue weighted by atomic mass is 9.89. The zero-order valence-electron chi connectivity index (χ0n) is 16.7. The minimum atomic E-state index is -1.38. The zero-order valence-corrected chi connectivity index (χ0v) is 17.5. The summed E-state index contributed by atoms with van der Waals surface area (Å²) in [6, 6.07) is 12.7. The maximum absolute atomic E-state index is 10.8. The Bertz CT molecular complexity index is 882. The van der Waals surface area contributed by atoms with Gasteiger partial charge in [-0.3, -0.25) is 0 Å². The summed E-state index contributed by atoms with van der Waals surface area (Å²) in [5.41, 5.74) is 6.59. The molecule has 4 rings (SSSR count). The van der Waals surface area contributed by atoms with Crippen LogP contribution in [0.25, 0.3) is 0 Å². The van der Waals surface area contributed by atoms with Crippen LogP contribution in [0.4, 0.5) is 0 Å². The fourth-order valence-corrected chi connectivity index (χ4v) is 5.85. The van der Waals surface area contributed by atoms with Gasteiger partial charge in [-0.2, -0.15) is 0 Å². The Morgan fingerprint density at radius 3 is 2.41 bits per heavy atom. The van der Waals surface area contributed by atoms with E-state index >= 15 is 0 Å². The molecule has 2 aromatic rings. The molecule has 0 aromatic heterocycles. The Morgan fingerprint density at radius 1 is 1.07 bits per heavy atom. The summed E-state index contributed by atoms with van der Waals surface area (Å²) < 4.78 is 6.04. The van der Waals surface area contributed by atoms with Crippen LogP contribution in [-0.4, -0.2) is 50.6 Å². The molecule has 29 heavy (non-hydrogen) atoms. The van der Waals surface area contributed by atoms with Crippen molar-refractivity contribution in [2.75, 3.05) is 6.61 Å². The first-order valence-corrected chi connectivity index (χ1v) is 10.9. The lowest BCUT2D eigenvalue weighted by Crippen LogP contribution is -2.58. The van der Waals surface area contributed by atoms with Crippen LogP contribution < -0.4 is 0 Å². The molecule has 0 unspecified atom stereocenters. The molecule has 0 saturated carbocycles. The van der Waals surface area contributed by atoms with Crippen LogP contribution in [0.5, 0.6) is 0 Å². The number of rotatable bonds is 4. The quantitative estimate of drug-likeness (QED) is 0.610. The van der Waals surface area contributed by atoms with Gasteiger partial charge in [0.1, 0.15) is 12.2 Å². The van der Waals surface area contributed by atoms with Crippen molar-refractivity contribution in [3.63, 3.8) is 0 Å². The fourth-order valence-electron chi connectivity index (χ4n) is 4.31. The number of aliphatic hydroxyl groups excluding tert-OH is 4. The molecule has 0 aliphatic carbocycles. The van der Waals surface area contributed by atoms with Gasteiger partial charge in [-0.15, -0.1) is 11.8 Å². The number of fused-ring (bicyclic) bond motifs is 2. The fraction of sp³-hybridized carbons (Fsp3) is 0.478. The van der Waals surface area contributed by atoms with E-state index in [1.807, 2.05) is 0 Å². The first-order chi connectivity index (χ1) is 13.9. The Balaban J connectivity index is 1.71. The lowest BCUT2D eigenvalue weighted by Gasteiger charge is -2.45. The third-order valence-corrected chi connectivity index (χ3v) is 7.82. The predicted molar refractivity (Wildman–Crippen MR) is 113 cm³/mol. The Kier molecular flexibility index (Phi) is 5.77. The molecule has 0 amide bonds. The summed E-state index contributed by atoms with van der Waals surface area (Å²) in [5, 5.41) is 40.5. The molecule has 156 valence electrons. The van der Waals surface area contributed by atoms with Crippen LogP contribution in [0.15, 0.2) is 36.4 Å². The monoisotopic (exact) mass is 416 g/mol. The number of aliphatic hydroxyl groups is 4. The SMILES string of the molecule is CCc1ccc(Cc2cc3c(cc2C)CO[C@]32S[C@H](CO)[C@@H](O)[C@H](O)[C@H]2O)cc1. The molecule has 5 atom stereocenters. The van der Waals surface area contributed by atoms with Crippen LogP contribution in [0, 0.1) is 6.92 Å². The largest absolute Gasteiger partial charge is 0.395 e. The first kappa shape index (κ1) is 20.8. The Labute approximate surface area is 175 Å². The van der Waals surface area contributed by atoms with Gasteiger partial charge in [0.15, 0.2) is 4.93 Å². The molecule has 1 fully saturated rings. The van der Waals surface area contributed by atoms with E-state index in [2.05, 4.69) is 50.2 Å². The van der Waals surface area contributed by atoms with Crippen molar-refractivity contribution >= 4 is 11.8 Å². The number of ether oxygens (including phenoxy) is 1. The van der Waals surface area contributed by atoms with Crippen LogP contribution in [-0.2, 0) is 29.1 Å². The van der Waals surface area contributed by atoms with E-state index in [9.17, 15) is 20.4 Å². The van der Waals surface area contributed by atoms with E-state index in [1.54, 1.807) is 0 Å². The highest BCUT2D eigenvalue weighted by molar-refractivity contribution is 8.00. The number of thioether (sulfide) groups is 1. The number of hydrogen-bond donors (Lipinski definition) is 4. The van der Waals surface area contributed by atoms with Crippen molar-refractivity contribution in [3.05, 3.63) is 69.8 Å². The second-order valence-electron chi connectivity index (χ2n) is 8.00. The van der Waals surface area contributed by atoms with Gasteiger partial charge in [0.2, 0.25) is 0 Å². The van der Waals surface area contributed by atoms with E-state index in [-0.39, 0.29) is 6.61 Å². The lowest BCUT2D eigenvalue weighted by molar-refractivity contribution is -0.147. The van der Waals surface area contributed by atoms with Gasteiger partial charge in [0.05, 0.1) is 24.6 Å². The van der Waals surface area contributed by atoms with Gasteiger partial charge < -0.3 is 25.2 Å². The molecule has 5 nitrogen and oxygen atoms in total. The summed E-state index contributed by atoms with van der Waals surface area (Å²) in [4.78, 5) is -1.18. The molecule has 2 aliphatic heterocycles. The summed E-state index contributed by atoms with van der Waals surface area (Å²) in [6.07, 6.45) is -2.11. The van der Waals surface area contributed by atoms with E-state index in [4.69, 9.17) is 4.74 Å². The zero-order chi connectivity index (χ0) is 20.8. The molecule has 0 radical (unpaired) electrons. The third kappa shape index (κ3) is 3.52. The van der Waals surface area contributed by atoms with Crippen molar-refractivity contribution in [2.24, 2.45) is 0 Å². The first-order valence-electron chi connectivity index (χ1n) is 10.1. The molecular weight excluding hydrogens is 388 g/mol. The maximum Gasteiger partial charge on any atom is 0.168 e. The average Bonchev–Trinajstić information content (AvgIpc) is 3.08. The summed E-state index contributed by atoms with van der Waals surface area (Å²) in [5.74, 6) is 0. The molecular formula is C23H28O5S. The molecule has 6 heteroatoms. The van der Waals surface area contributed by atoms with E-state index in [0.29, 0.717) is 6.61 Å². The Hall–Kier alpha value is -1.41. The molecule has 1 saturated heterocycles. The molecule has 0 bridgehead atoms. The second kappa shape index (κ2) is 8.02. The molecule has 2 heterocycles. The van der Waals surface area contributed by atoms with Crippen molar-refractivity contribution < 1.29 is 25.2 Å². The highest BCUT2D eigenvalue weighted by Gasteiger charge is 2.57. The van der Waals surface area contributed by atoms with Crippen LogP contribution >= 0.6 is 11.8 Å². The van der Waals surface area contributed by atoms with Crippen molar-refractivity contribution in [1.29, 1.82) is 0 Å². The summed E-state index contributed by atoms with van der Waals surface area (Å²) in [7, 11) is 0. The van der Waals surface area contributed by atoms with Gasteiger partial charge in [-0.05, 0) is 47.6 Å². The highest BCUT2D eigenvalue weighted by Crippen LogP contribution is 2.54. The highest BCUT2D eigenvalue weighted by atomic mass is 32.2. The molecule has 4 N–H and O–H groups in total. The van der Waals surface area contributed by atoms with Gasteiger partial charge in [-0.1, -0.05) is 43.3 Å². The smallest absolute Gasteiger partial charge is 0.168 e.